The molecule has 124 valence electrons. The van der Waals surface area contributed by atoms with Crippen molar-refractivity contribution in [2.24, 2.45) is 6.98 Å². The first-order valence-corrected chi connectivity index (χ1v) is 8.47. The van der Waals surface area contributed by atoms with Crippen molar-refractivity contribution < 1.29 is 8.68 Å². The Labute approximate surface area is 154 Å². The summed E-state index contributed by atoms with van der Waals surface area (Å²) in [6.45, 7) is -1.67. The quantitative estimate of drug-likeness (QED) is 0.431. The molecular formula is C21H16N5+. The van der Waals surface area contributed by atoms with Gasteiger partial charge in [-0.1, -0.05) is 18.2 Å². The number of nitrogens with zero attached hydrogens (tertiary/aromatic N) is 5. The Morgan fingerprint density at radius 2 is 1.88 bits per heavy atom. The number of hydrogen-bond acceptors (Lipinski definition) is 2. The lowest BCUT2D eigenvalue weighted by molar-refractivity contribution is -0.645. The highest BCUT2D eigenvalue weighted by Crippen LogP contribution is 2.36. The second-order valence-corrected chi connectivity index (χ2v) is 6.51. The molecule has 5 nitrogen and oxygen atoms in total. The van der Waals surface area contributed by atoms with Gasteiger partial charge in [-0.25, -0.2) is 4.57 Å². The molecule has 0 amide bonds. The number of aryl methyl sites for hydroxylation is 1. The van der Waals surface area contributed by atoms with Gasteiger partial charge in [-0.15, -0.1) is 0 Å². The molecule has 0 aliphatic carbocycles. The van der Waals surface area contributed by atoms with Gasteiger partial charge in [0.2, 0.25) is 5.52 Å². The summed E-state index contributed by atoms with van der Waals surface area (Å²) in [5, 5.41) is 0.829. The summed E-state index contributed by atoms with van der Waals surface area (Å²) in [5.41, 5.74) is 5.26. The van der Waals surface area contributed by atoms with Crippen molar-refractivity contribution in [2.45, 2.75) is 6.54 Å². The zero-order valence-corrected chi connectivity index (χ0v) is 13.8. The van der Waals surface area contributed by atoms with E-state index in [1.807, 2.05) is 47.2 Å². The van der Waals surface area contributed by atoms with Crippen LogP contribution in [0.3, 0.4) is 0 Å². The van der Waals surface area contributed by atoms with Gasteiger partial charge in [-0.3, -0.25) is 9.97 Å². The van der Waals surface area contributed by atoms with E-state index in [1.54, 1.807) is 24.7 Å². The maximum absolute atomic E-state index is 8.25. The Balaban J connectivity index is 1.89. The minimum Gasteiger partial charge on any atom is -0.307 e. The van der Waals surface area contributed by atoms with Crippen LogP contribution in [0.1, 0.15) is 9.68 Å². The van der Waals surface area contributed by atoms with Crippen LogP contribution in [-0.2, 0) is 13.5 Å². The second-order valence-electron chi connectivity index (χ2n) is 6.51. The van der Waals surface area contributed by atoms with E-state index in [-0.39, 0.29) is 0 Å². The molecule has 4 aromatic heterocycles. The molecule has 0 radical (unpaired) electrons. The van der Waals surface area contributed by atoms with E-state index >= 15 is 0 Å². The van der Waals surface area contributed by atoms with E-state index in [0.717, 1.165) is 28.0 Å². The van der Waals surface area contributed by atoms with Gasteiger partial charge in [0.15, 0.2) is 0 Å². The monoisotopic (exact) mass is 341 g/mol. The molecule has 0 bridgehead atoms. The van der Waals surface area contributed by atoms with E-state index in [9.17, 15) is 0 Å². The first-order chi connectivity index (χ1) is 14.1. The number of benzene rings is 1. The maximum Gasteiger partial charge on any atom is 0.298 e. The number of hydrogen-bond donors (Lipinski definition) is 0. The van der Waals surface area contributed by atoms with Gasteiger partial charge in [-0.05, 0) is 24.3 Å². The normalized spacial score (nSPS) is 14.8. The average Bonchev–Trinajstić information content (AvgIpc) is 3.34. The van der Waals surface area contributed by atoms with Crippen LogP contribution >= 0.6 is 0 Å². The number of imidazole rings is 1. The van der Waals surface area contributed by atoms with Gasteiger partial charge in [0.05, 0.1) is 16.5 Å². The Hall–Kier alpha value is -3.47. The molecule has 0 unspecified atom stereocenters. The van der Waals surface area contributed by atoms with E-state index in [4.69, 9.17) is 4.11 Å². The fourth-order valence-electron chi connectivity index (χ4n) is 4.08. The summed E-state index contributed by atoms with van der Waals surface area (Å²) in [5.74, 6) is 0.938. The number of fused-ring (bicyclic) bond motifs is 7. The van der Waals surface area contributed by atoms with Crippen LogP contribution in [0.5, 0.6) is 0 Å². The van der Waals surface area contributed by atoms with Gasteiger partial charge in [-0.2, -0.15) is 4.57 Å². The van der Waals surface area contributed by atoms with Crippen molar-refractivity contribution >= 4 is 22.1 Å². The third kappa shape index (κ3) is 1.57. The number of para-hydroxylation sites is 1. The van der Waals surface area contributed by atoms with Gasteiger partial charge in [0.25, 0.3) is 11.5 Å². The van der Waals surface area contributed by atoms with Crippen molar-refractivity contribution in [3.8, 4) is 17.1 Å². The average molecular weight is 341 g/mol. The molecule has 5 heterocycles. The first kappa shape index (κ1) is 11.2. The Kier molecular flexibility index (Phi) is 2.06. The van der Waals surface area contributed by atoms with Crippen LogP contribution in [0, 0.1) is 0 Å². The van der Waals surface area contributed by atoms with Gasteiger partial charge < -0.3 is 4.57 Å². The fraction of sp³-hybridized carbons (Fsp3) is 0.0952. The Morgan fingerprint density at radius 1 is 1.04 bits per heavy atom. The molecule has 26 heavy (non-hydrogen) atoms. The SMILES string of the molecule is [2H]C([2H])([2H])n1c2ccncc2c2c1n(-c1ccccc1)c1[n+]2Cc2ccncc2-1. The van der Waals surface area contributed by atoms with Crippen molar-refractivity contribution in [3.05, 3.63) is 72.8 Å². The zero-order valence-electron chi connectivity index (χ0n) is 16.8. The number of pyridine rings is 2. The lowest BCUT2D eigenvalue weighted by Crippen LogP contribution is -2.31. The molecule has 0 N–H and O–H groups in total. The highest BCUT2D eigenvalue weighted by molar-refractivity contribution is 6.04. The van der Waals surface area contributed by atoms with E-state index in [1.165, 1.54) is 10.1 Å². The molecule has 0 fully saturated rings. The molecule has 6 rings (SSSR count). The molecule has 1 aliphatic heterocycles. The van der Waals surface area contributed by atoms with Crippen LogP contribution in [0.15, 0.2) is 67.3 Å². The first-order valence-electron chi connectivity index (χ1n) is 9.97. The van der Waals surface area contributed by atoms with Crippen LogP contribution in [-0.4, -0.2) is 19.1 Å². The van der Waals surface area contributed by atoms with Crippen molar-refractivity contribution in [2.75, 3.05) is 0 Å². The summed E-state index contributed by atoms with van der Waals surface area (Å²) in [6.07, 6.45) is 7.04. The third-order valence-corrected chi connectivity index (χ3v) is 5.16. The lowest BCUT2D eigenvalue weighted by atomic mass is 10.1. The maximum atomic E-state index is 8.25. The molecule has 1 aliphatic rings. The fourth-order valence-corrected chi connectivity index (χ4v) is 4.08. The third-order valence-electron chi connectivity index (χ3n) is 5.16. The summed E-state index contributed by atoms with van der Waals surface area (Å²) < 4.78 is 30.4. The van der Waals surface area contributed by atoms with Gasteiger partial charge in [0.1, 0.15) is 12.2 Å². The molecule has 0 spiro atoms. The molecule has 0 saturated heterocycles. The summed E-state index contributed by atoms with van der Waals surface area (Å²) in [7, 11) is 0. The van der Waals surface area contributed by atoms with E-state index in [0.29, 0.717) is 17.7 Å². The molecular weight excluding hydrogens is 322 g/mol. The topological polar surface area (TPSA) is 39.5 Å². The van der Waals surface area contributed by atoms with Crippen molar-refractivity contribution in [1.82, 2.24) is 19.1 Å². The Morgan fingerprint density at radius 3 is 2.77 bits per heavy atom. The molecule has 5 heteroatoms. The minimum atomic E-state index is -2.34. The van der Waals surface area contributed by atoms with E-state index in [2.05, 4.69) is 14.5 Å². The minimum absolute atomic E-state index is 0.642. The highest BCUT2D eigenvalue weighted by atomic mass is 15.3. The van der Waals surface area contributed by atoms with Gasteiger partial charge >= 0.3 is 0 Å². The van der Waals surface area contributed by atoms with Crippen molar-refractivity contribution in [3.63, 3.8) is 0 Å². The molecule has 5 aromatic rings. The van der Waals surface area contributed by atoms with Crippen LogP contribution < -0.4 is 4.57 Å². The predicted octanol–water partition coefficient (Wildman–Crippen LogP) is 3.23. The summed E-state index contributed by atoms with van der Waals surface area (Å²) in [4.78, 5) is 8.60. The van der Waals surface area contributed by atoms with Gasteiger partial charge in [0, 0.05) is 41.4 Å². The number of rotatable bonds is 1. The zero-order chi connectivity index (χ0) is 19.8. The van der Waals surface area contributed by atoms with Crippen LogP contribution in [0.25, 0.3) is 39.1 Å². The molecule has 1 aromatic carbocycles. The predicted molar refractivity (Wildman–Crippen MR) is 100 cm³/mol. The van der Waals surface area contributed by atoms with E-state index < -0.39 is 6.98 Å². The highest BCUT2D eigenvalue weighted by Gasteiger charge is 2.38. The largest absolute Gasteiger partial charge is 0.307 e. The summed E-state index contributed by atoms with van der Waals surface area (Å²) >= 11 is 0. The standard InChI is InChI=1S/C21H16N5/c1-24-18-8-10-23-12-17(18)19-21(24)26(15-5-3-2-4-6-15)20-16-11-22-9-7-14(16)13-25(19)20/h2-12H,13H2,1H3/q+1/i1D3. The Bertz CT molecular complexity index is 1410. The van der Waals surface area contributed by atoms with Crippen LogP contribution in [0.4, 0.5) is 0 Å². The second kappa shape index (κ2) is 4.79. The van der Waals surface area contributed by atoms with Crippen molar-refractivity contribution in [1.29, 1.82) is 0 Å². The number of aromatic nitrogens is 5. The van der Waals surface area contributed by atoms with Crippen LogP contribution in [0.2, 0.25) is 0 Å². The molecule has 0 atom stereocenters. The summed E-state index contributed by atoms with van der Waals surface area (Å²) in [6, 6.07) is 13.7. The lowest BCUT2D eigenvalue weighted by Gasteiger charge is -2.03. The smallest absolute Gasteiger partial charge is 0.298 e. The molecule has 0 saturated carbocycles.